The van der Waals surface area contributed by atoms with E-state index >= 15 is 0 Å². The monoisotopic (exact) mass is 262 g/mol. The number of halogens is 1. The Balaban J connectivity index is 2.17. The summed E-state index contributed by atoms with van der Waals surface area (Å²) in [7, 11) is 0. The van der Waals surface area contributed by atoms with Gasteiger partial charge in [-0.2, -0.15) is 0 Å². The molecule has 0 saturated heterocycles. The van der Waals surface area contributed by atoms with Gasteiger partial charge in [-0.15, -0.1) is 0 Å². The van der Waals surface area contributed by atoms with Gasteiger partial charge in [0.15, 0.2) is 5.82 Å². The predicted octanol–water partition coefficient (Wildman–Crippen LogP) is 3.37. The number of rotatable bonds is 5. The summed E-state index contributed by atoms with van der Waals surface area (Å²) in [5.74, 6) is 0.512. The number of hydrogen-bond acceptors (Lipinski definition) is 2. The third-order valence-electron chi connectivity index (χ3n) is 2.74. The minimum Gasteiger partial charge on any atom is -0.329 e. The second kappa shape index (κ2) is 5.83. The lowest BCUT2D eigenvalue weighted by molar-refractivity contribution is 0.0979. The number of nitrogens with zero attached hydrogens (tertiary/aromatic N) is 2. The molecule has 0 radical (unpaired) electrons. The van der Waals surface area contributed by atoms with Gasteiger partial charge in [0.05, 0.1) is 0 Å². The van der Waals surface area contributed by atoms with Gasteiger partial charge in [-0.3, -0.25) is 4.79 Å². The molecular weight excluding hydrogens is 248 g/mol. The Labute approximate surface area is 111 Å². The van der Waals surface area contributed by atoms with Crippen LogP contribution in [0.4, 0.5) is 0 Å². The molecule has 0 bridgehead atoms. The smallest absolute Gasteiger partial charge is 0.202 e. The van der Waals surface area contributed by atoms with Crippen LogP contribution in [-0.4, -0.2) is 15.3 Å². The molecule has 2 rings (SSSR count). The molecule has 0 atom stereocenters. The lowest BCUT2D eigenvalue weighted by Crippen LogP contribution is -2.12. The average Bonchev–Trinajstić information content (AvgIpc) is 2.81. The van der Waals surface area contributed by atoms with Crippen molar-refractivity contribution in [1.29, 1.82) is 0 Å². The first-order valence-corrected chi connectivity index (χ1v) is 6.38. The van der Waals surface area contributed by atoms with Crippen molar-refractivity contribution in [3.8, 4) is 0 Å². The first-order valence-electron chi connectivity index (χ1n) is 6.00. The molecular formula is C14H15ClN2O. The molecule has 3 nitrogen and oxygen atoms in total. The zero-order valence-corrected chi connectivity index (χ0v) is 11.0. The van der Waals surface area contributed by atoms with Gasteiger partial charge < -0.3 is 4.57 Å². The summed E-state index contributed by atoms with van der Waals surface area (Å²) in [4.78, 5) is 16.3. The number of aryl methyl sites for hydroxylation is 1. The molecule has 0 N–H and O–H groups in total. The summed E-state index contributed by atoms with van der Waals surface area (Å²) in [5.41, 5.74) is 0.843. The molecule has 0 amide bonds. The van der Waals surface area contributed by atoms with E-state index in [9.17, 15) is 4.79 Å². The highest BCUT2D eigenvalue weighted by atomic mass is 35.5. The van der Waals surface area contributed by atoms with E-state index in [1.54, 1.807) is 12.3 Å². The summed E-state index contributed by atoms with van der Waals surface area (Å²) in [5, 5.41) is 0.624. The molecule has 0 saturated carbocycles. The normalized spacial score (nSPS) is 10.6. The minimum atomic E-state index is 0.00144. The molecule has 1 aromatic carbocycles. The number of aromatic nitrogens is 2. The van der Waals surface area contributed by atoms with Gasteiger partial charge in [0.2, 0.25) is 5.78 Å². The fraction of sp³-hybridized carbons (Fsp3) is 0.286. The Morgan fingerprint density at radius 1 is 1.39 bits per heavy atom. The standard InChI is InChI=1S/C14H15ClN2O/c1-2-8-17-9-7-16-14(17)13(18)10-11-5-3-4-6-12(11)15/h3-7,9H,2,8,10H2,1H3. The first-order chi connectivity index (χ1) is 8.72. The van der Waals surface area contributed by atoms with Crippen LogP contribution in [0.15, 0.2) is 36.7 Å². The molecule has 0 aliphatic carbocycles. The van der Waals surface area contributed by atoms with Crippen LogP contribution in [0.5, 0.6) is 0 Å². The van der Waals surface area contributed by atoms with Crippen LogP contribution < -0.4 is 0 Å². The van der Waals surface area contributed by atoms with Crippen LogP contribution in [-0.2, 0) is 13.0 Å². The number of Topliss-reactive ketones (excluding diaryl/α,β-unsaturated/α-hetero) is 1. The van der Waals surface area contributed by atoms with Crippen LogP contribution in [0.3, 0.4) is 0 Å². The molecule has 0 spiro atoms. The second-order valence-electron chi connectivity index (χ2n) is 4.14. The third kappa shape index (κ3) is 2.79. The van der Waals surface area contributed by atoms with E-state index in [1.165, 1.54) is 0 Å². The van der Waals surface area contributed by atoms with E-state index in [0.29, 0.717) is 17.3 Å². The van der Waals surface area contributed by atoms with Crippen LogP contribution in [0.25, 0.3) is 0 Å². The van der Waals surface area contributed by atoms with Crippen molar-refractivity contribution in [2.24, 2.45) is 0 Å². The molecule has 0 fully saturated rings. The quantitative estimate of drug-likeness (QED) is 0.775. The van der Waals surface area contributed by atoms with Crippen molar-refractivity contribution < 1.29 is 4.79 Å². The van der Waals surface area contributed by atoms with E-state index in [4.69, 9.17) is 11.6 Å². The number of carbonyl (C=O) groups is 1. The third-order valence-corrected chi connectivity index (χ3v) is 3.11. The summed E-state index contributed by atoms with van der Waals surface area (Å²) in [6.07, 6.45) is 4.77. The average molecular weight is 263 g/mol. The fourth-order valence-corrected chi connectivity index (χ4v) is 2.08. The van der Waals surface area contributed by atoms with E-state index < -0.39 is 0 Å². The number of benzene rings is 1. The highest BCUT2D eigenvalue weighted by Gasteiger charge is 2.14. The van der Waals surface area contributed by atoms with Crippen molar-refractivity contribution in [1.82, 2.24) is 9.55 Å². The van der Waals surface area contributed by atoms with Gasteiger partial charge in [-0.25, -0.2) is 4.98 Å². The molecule has 18 heavy (non-hydrogen) atoms. The van der Waals surface area contributed by atoms with Crippen molar-refractivity contribution in [3.05, 3.63) is 53.1 Å². The molecule has 0 aliphatic heterocycles. The molecule has 0 aliphatic rings. The molecule has 1 aromatic heterocycles. The second-order valence-corrected chi connectivity index (χ2v) is 4.54. The highest BCUT2D eigenvalue weighted by Crippen LogP contribution is 2.17. The molecule has 2 aromatic rings. The lowest BCUT2D eigenvalue weighted by Gasteiger charge is -2.06. The topological polar surface area (TPSA) is 34.9 Å². The maximum absolute atomic E-state index is 12.2. The Morgan fingerprint density at radius 2 is 2.17 bits per heavy atom. The van der Waals surface area contributed by atoms with E-state index in [-0.39, 0.29) is 5.78 Å². The largest absolute Gasteiger partial charge is 0.329 e. The van der Waals surface area contributed by atoms with Gasteiger partial charge in [0, 0.05) is 30.4 Å². The summed E-state index contributed by atoms with van der Waals surface area (Å²) in [6.45, 7) is 2.88. The molecule has 1 heterocycles. The number of carbonyl (C=O) groups excluding carboxylic acids is 1. The van der Waals surface area contributed by atoms with Crippen LogP contribution in [0, 0.1) is 0 Å². The maximum Gasteiger partial charge on any atom is 0.202 e. The van der Waals surface area contributed by atoms with Gasteiger partial charge in [0.25, 0.3) is 0 Å². The SMILES string of the molecule is CCCn1ccnc1C(=O)Cc1ccccc1Cl. The Morgan fingerprint density at radius 3 is 2.89 bits per heavy atom. The van der Waals surface area contributed by atoms with Crippen molar-refractivity contribution >= 4 is 17.4 Å². The molecule has 4 heteroatoms. The fourth-order valence-electron chi connectivity index (χ4n) is 1.88. The zero-order valence-electron chi connectivity index (χ0n) is 10.3. The Bertz CT molecular complexity index is 548. The number of ketones is 1. The van der Waals surface area contributed by atoms with E-state index in [1.807, 2.05) is 29.0 Å². The van der Waals surface area contributed by atoms with E-state index in [0.717, 1.165) is 18.5 Å². The van der Waals surface area contributed by atoms with Crippen LogP contribution >= 0.6 is 11.6 Å². The number of imidazole rings is 1. The lowest BCUT2D eigenvalue weighted by atomic mass is 10.1. The predicted molar refractivity (Wildman–Crippen MR) is 72.0 cm³/mol. The molecule has 0 unspecified atom stereocenters. The first kappa shape index (κ1) is 12.8. The van der Waals surface area contributed by atoms with Gasteiger partial charge >= 0.3 is 0 Å². The van der Waals surface area contributed by atoms with Crippen molar-refractivity contribution in [3.63, 3.8) is 0 Å². The minimum absolute atomic E-state index is 0.00144. The number of hydrogen-bond donors (Lipinski definition) is 0. The van der Waals surface area contributed by atoms with Gasteiger partial charge in [-0.1, -0.05) is 36.7 Å². The van der Waals surface area contributed by atoms with Crippen LogP contribution in [0.2, 0.25) is 5.02 Å². The highest BCUT2D eigenvalue weighted by molar-refractivity contribution is 6.31. The zero-order chi connectivity index (χ0) is 13.0. The van der Waals surface area contributed by atoms with Crippen LogP contribution in [0.1, 0.15) is 29.5 Å². The van der Waals surface area contributed by atoms with Gasteiger partial charge in [-0.05, 0) is 18.1 Å². The van der Waals surface area contributed by atoms with Gasteiger partial charge in [0.1, 0.15) is 0 Å². The summed E-state index contributed by atoms with van der Waals surface area (Å²) in [6, 6.07) is 7.40. The molecule has 94 valence electrons. The van der Waals surface area contributed by atoms with Crippen molar-refractivity contribution in [2.45, 2.75) is 26.3 Å². The Hall–Kier alpha value is -1.61. The van der Waals surface area contributed by atoms with Crippen molar-refractivity contribution in [2.75, 3.05) is 0 Å². The Kier molecular flexibility index (Phi) is 4.15. The van der Waals surface area contributed by atoms with E-state index in [2.05, 4.69) is 11.9 Å². The summed E-state index contributed by atoms with van der Waals surface area (Å²) < 4.78 is 1.89. The summed E-state index contributed by atoms with van der Waals surface area (Å²) >= 11 is 6.05. The maximum atomic E-state index is 12.2.